The Morgan fingerprint density at radius 1 is 1.53 bits per heavy atom. The molecule has 0 saturated heterocycles. The van der Waals surface area contributed by atoms with E-state index in [2.05, 4.69) is 16.9 Å². The topological polar surface area (TPSA) is 55.1 Å². The molecule has 0 fully saturated rings. The van der Waals surface area contributed by atoms with E-state index in [1.807, 2.05) is 25.1 Å². The molecular weight excluding hydrogens is 240 g/mol. The average Bonchev–Trinajstić information content (AvgIpc) is 2.81. The Morgan fingerprint density at radius 2 is 2.37 bits per heavy atom. The van der Waals surface area contributed by atoms with Crippen LogP contribution in [0.1, 0.15) is 24.3 Å². The Balaban J connectivity index is 1.90. The van der Waals surface area contributed by atoms with Gasteiger partial charge in [-0.05, 0) is 25.0 Å². The van der Waals surface area contributed by atoms with Gasteiger partial charge in [-0.3, -0.25) is 4.79 Å². The summed E-state index contributed by atoms with van der Waals surface area (Å²) >= 11 is 0. The summed E-state index contributed by atoms with van der Waals surface area (Å²) in [5.74, 6) is 0.695. The van der Waals surface area contributed by atoms with Crippen LogP contribution in [0.25, 0.3) is 11.1 Å². The van der Waals surface area contributed by atoms with E-state index in [9.17, 15) is 4.79 Å². The lowest BCUT2D eigenvalue weighted by Crippen LogP contribution is -2.25. The summed E-state index contributed by atoms with van der Waals surface area (Å²) in [6, 6.07) is 5.86. The molecule has 1 heterocycles. The highest BCUT2D eigenvalue weighted by Gasteiger charge is 2.07. The number of hydrogen-bond acceptors (Lipinski definition) is 3. The van der Waals surface area contributed by atoms with Crippen molar-refractivity contribution in [1.82, 2.24) is 10.3 Å². The fraction of sp³-hybridized carbons (Fsp3) is 0.333. The number of rotatable bonds is 6. The second-order valence-corrected chi connectivity index (χ2v) is 4.46. The van der Waals surface area contributed by atoms with E-state index in [1.54, 1.807) is 6.08 Å². The molecule has 0 atom stereocenters. The van der Waals surface area contributed by atoms with Crippen molar-refractivity contribution in [2.45, 2.75) is 26.2 Å². The van der Waals surface area contributed by atoms with Gasteiger partial charge in [-0.2, -0.15) is 0 Å². The number of aryl methyl sites for hydroxylation is 1. The number of allylic oxidation sites excluding steroid dienone is 1. The number of para-hydroxylation sites is 1. The summed E-state index contributed by atoms with van der Waals surface area (Å²) in [6.45, 7) is 6.14. The number of hydrogen-bond donors (Lipinski definition) is 1. The zero-order valence-corrected chi connectivity index (χ0v) is 11.1. The van der Waals surface area contributed by atoms with Gasteiger partial charge in [-0.15, -0.1) is 6.58 Å². The Hall–Kier alpha value is -2.10. The summed E-state index contributed by atoms with van der Waals surface area (Å²) < 4.78 is 5.63. The van der Waals surface area contributed by atoms with E-state index in [1.165, 1.54) is 0 Å². The minimum atomic E-state index is 0.0344. The quantitative estimate of drug-likeness (QED) is 0.810. The van der Waals surface area contributed by atoms with Gasteiger partial charge < -0.3 is 9.73 Å². The van der Waals surface area contributed by atoms with E-state index in [4.69, 9.17) is 4.42 Å². The van der Waals surface area contributed by atoms with Gasteiger partial charge in [0.1, 0.15) is 5.52 Å². The van der Waals surface area contributed by atoms with Crippen LogP contribution in [0.2, 0.25) is 0 Å². The van der Waals surface area contributed by atoms with Crippen LogP contribution >= 0.6 is 0 Å². The molecular formula is C15H18N2O2. The lowest BCUT2D eigenvalue weighted by molar-refractivity contribution is -0.120. The normalized spacial score (nSPS) is 10.6. The lowest BCUT2D eigenvalue weighted by atomic mass is 10.2. The third-order valence-corrected chi connectivity index (χ3v) is 2.90. The summed E-state index contributed by atoms with van der Waals surface area (Å²) in [7, 11) is 0. The number of benzene rings is 1. The van der Waals surface area contributed by atoms with E-state index in [-0.39, 0.29) is 5.91 Å². The fourth-order valence-electron chi connectivity index (χ4n) is 1.87. The molecule has 2 rings (SSSR count). The molecule has 2 aromatic rings. The Morgan fingerprint density at radius 3 is 3.11 bits per heavy atom. The van der Waals surface area contributed by atoms with Gasteiger partial charge in [-0.1, -0.05) is 18.2 Å². The first-order valence-electron chi connectivity index (χ1n) is 6.43. The first-order chi connectivity index (χ1) is 9.20. The SMILES string of the molecule is C=CCCC(=O)NCCc1nc2c(C)cccc2o1. The van der Waals surface area contributed by atoms with Gasteiger partial charge in [0, 0.05) is 19.4 Å². The monoisotopic (exact) mass is 258 g/mol. The third-order valence-electron chi connectivity index (χ3n) is 2.90. The average molecular weight is 258 g/mol. The van der Waals surface area contributed by atoms with Crippen molar-refractivity contribution >= 4 is 17.0 Å². The van der Waals surface area contributed by atoms with E-state index in [0.29, 0.717) is 31.7 Å². The van der Waals surface area contributed by atoms with Gasteiger partial charge in [0.2, 0.25) is 5.91 Å². The Bertz CT molecular complexity index is 587. The van der Waals surface area contributed by atoms with Crippen LogP contribution in [0, 0.1) is 6.92 Å². The lowest BCUT2D eigenvalue weighted by Gasteiger charge is -2.01. The number of fused-ring (bicyclic) bond motifs is 1. The maximum atomic E-state index is 11.4. The predicted octanol–water partition coefficient (Wildman–Crippen LogP) is 2.76. The zero-order valence-electron chi connectivity index (χ0n) is 11.1. The van der Waals surface area contributed by atoms with Gasteiger partial charge >= 0.3 is 0 Å². The molecule has 0 radical (unpaired) electrons. The van der Waals surface area contributed by atoms with Crippen LogP contribution < -0.4 is 5.32 Å². The maximum absolute atomic E-state index is 11.4. The molecule has 4 heteroatoms. The van der Waals surface area contributed by atoms with E-state index >= 15 is 0 Å². The molecule has 1 amide bonds. The minimum Gasteiger partial charge on any atom is -0.441 e. The van der Waals surface area contributed by atoms with Gasteiger partial charge in [0.25, 0.3) is 0 Å². The number of amides is 1. The van der Waals surface area contributed by atoms with Crippen LogP contribution in [0.15, 0.2) is 35.3 Å². The summed E-state index contributed by atoms with van der Waals surface area (Å²) in [5, 5.41) is 2.84. The number of carbonyl (C=O) groups is 1. The third kappa shape index (κ3) is 3.44. The van der Waals surface area contributed by atoms with Crippen molar-refractivity contribution in [3.05, 3.63) is 42.3 Å². The van der Waals surface area contributed by atoms with Crippen LogP contribution in [0.5, 0.6) is 0 Å². The molecule has 0 aliphatic rings. The van der Waals surface area contributed by atoms with Crippen molar-refractivity contribution in [2.24, 2.45) is 0 Å². The minimum absolute atomic E-state index is 0.0344. The molecule has 0 aliphatic heterocycles. The number of nitrogens with zero attached hydrogens (tertiary/aromatic N) is 1. The Kier molecular flexibility index (Phi) is 4.34. The van der Waals surface area contributed by atoms with Crippen molar-refractivity contribution < 1.29 is 9.21 Å². The number of nitrogens with one attached hydrogen (secondary N) is 1. The molecule has 1 N–H and O–H groups in total. The molecule has 0 unspecified atom stereocenters. The molecule has 0 bridgehead atoms. The second-order valence-electron chi connectivity index (χ2n) is 4.46. The summed E-state index contributed by atoms with van der Waals surface area (Å²) in [4.78, 5) is 15.8. The highest BCUT2D eigenvalue weighted by molar-refractivity contribution is 5.76. The molecule has 1 aromatic carbocycles. The molecule has 4 nitrogen and oxygen atoms in total. The van der Waals surface area contributed by atoms with E-state index < -0.39 is 0 Å². The Labute approximate surface area is 112 Å². The fourth-order valence-corrected chi connectivity index (χ4v) is 1.87. The zero-order chi connectivity index (χ0) is 13.7. The van der Waals surface area contributed by atoms with Crippen molar-refractivity contribution in [3.63, 3.8) is 0 Å². The highest BCUT2D eigenvalue weighted by atomic mass is 16.3. The van der Waals surface area contributed by atoms with E-state index in [0.717, 1.165) is 16.7 Å². The highest BCUT2D eigenvalue weighted by Crippen LogP contribution is 2.18. The predicted molar refractivity (Wildman–Crippen MR) is 74.9 cm³/mol. The number of oxazole rings is 1. The second kappa shape index (κ2) is 6.18. The molecule has 0 spiro atoms. The van der Waals surface area contributed by atoms with Gasteiger partial charge in [0.15, 0.2) is 11.5 Å². The van der Waals surface area contributed by atoms with Gasteiger partial charge in [-0.25, -0.2) is 4.98 Å². The van der Waals surface area contributed by atoms with Crippen LogP contribution in [0.3, 0.4) is 0 Å². The molecule has 1 aromatic heterocycles. The number of carbonyl (C=O) groups excluding carboxylic acids is 1. The van der Waals surface area contributed by atoms with Crippen molar-refractivity contribution in [3.8, 4) is 0 Å². The first kappa shape index (κ1) is 13.3. The first-order valence-corrected chi connectivity index (χ1v) is 6.43. The molecule has 0 saturated carbocycles. The molecule has 19 heavy (non-hydrogen) atoms. The maximum Gasteiger partial charge on any atom is 0.220 e. The largest absolute Gasteiger partial charge is 0.441 e. The summed E-state index contributed by atoms with van der Waals surface area (Å²) in [5.41, 5.74) is 2.80. The standard InChI is InChI=1S/C15H18N2O2/c1-3-4-8-13(18)16-10-9-14-17-15-11(2)6-5-7-12(15)19-14/h3,5-7H,1,4,8-10H2,2H3,(H,16,18). The number of aromatic nitrogens is 1. The summed E-state index contributed by atoms with van der Waals surface area (Å²) in [6.07, 6.45) is 3.53. The van der Waals surface area contributed by atoms with Crippen LogP contribution in [0.4, 0.5) is 0 Å². The van der Waals surface area contributed by atoms with Gasteiger partial charge in [0.05, 0.1) is 0 Å². The van der Waals surface area contributed by atoms with Crippen molar-refractivity contribution in [1.29, 1.82) is 0 Å². The van der Waals surface area contributed by atoms with Crippen molar-refractivity contribution in [2.75, 3.05) is 6.54 Å². The van der Waals surface area contributed by atoms with Crippen LogP contribution in [-0.2, 0) is 11.2 Å². The molecule has 100 valence electrons. The molecule has 0 aliphatic carbocycles. The smallest absolute Gasteiger partial charge is 0.220 e. The van der Waals surface area contributed by atoms with Crippen LogP contribution in [-0.4, -0.2) is 17.4 Å².